The summed E-state index contributed by atoms with van der Waals surface area (Å²) in [7, 11) is 0. The van der Waals surface area contributed by atoms with Gasteiger partial charge in [0.2, 0.25) is 0 Å². The monoisotopic (exact) mass is 290 g/mol. The fourth-order valence-electron chi connectivity index (χ4n) is 3.03. The molecule has 0 saturated carbocycles. The molecule has 1 fully saturated rings. The molecular weight excluding hydrogens is 264 g/mol. The van der Waals surface area contributed by atoms with Gasteiger partial charge < -0.3 is 5.73 Å². The third-order valence-electron chi connectivity index (χ3n) is 4.31. The Bertz CT molecular complexity index is 465. The van der Waals surface area contributed by atoms with Crippen molar-refractivity contribution in [2.24, 2.45) is 5.73 Å². The van der Waals surface area contributed by atoms with E-state index < -0.39 is 5.91 Å². The second-order valence-corrected chi connectivity index (χ2v) is 5.66. The molecule has 21 heavy (non-hydrogen) atoms. The van der Waals surface area contributed by atoms with Crippen LogP contribution < -0.4 is 5.73 Å². The van der Waals surface area contributed by atoms with Gasteiger partial charge in [-0.3, -0.25) is 14.6 Å². The zero-order valence-corrected chi connectivity index (χ0v) is 13.1. The van der Waals surface area contributed by atoms with Gasteiger partial charge in [-0.1, -0.05) is 19.9 Å². The Balaban J connectivity index is 1.89. The number of hydrogen-bond donors (Lipinski definition) is 1. The van der Waals surface area contributed by atoms with Gasteiger partial charge >= 0.3 is 0 Å². The van der Waals surface area contributed by atoms with Crippen molar-refractivity contribution in [2.75, 3.05) is 26.2 Å². The van der Waals surface area contributed by atoms with Crippen molar-refractivity contribution >= 4 is 5.91 Å². The Labute approximate surface area is 127 Å². The molecule has 1 aliphatic heterocycles. The maximum absolute atomic E-state index is 11.2. The summed E-state index contributed by atoms with van der Waals surface area (Å²) in [6.07, 6.45) is 2.44. The first-order valence-electron chi connectivity index (χ1n) is 7.86. The first kappa shape index (κ1) is 15.9. The van der Waals surface area contributed by atoms with E-state index in [1.165, 1.54) is 12.8 Å². The van der Waals surface area contributed by atoms with Gasteiger partial charge in [-0.05, 0) is 25.0 Å². The van der Waals surface area contributed by atoms with Crippen molar-refractivity contribution in [3.8, 4) is 0 Å². The zero-order valence-electron chi connectivity index (χ0n) is 13.1. The van der Waals surface area contributed by atoms with Gasteiger partial charge in [-0.2, -0.15) is 0 Å². The highest BCUT2D eigenvalue weighted by Crippen LogP contribution is 2.13. The zero-order chi connectivity index (χ0) is 15.2. The van der Waals surface area contributed by atoms with Gasteiger partial charge in [0.15, 0.2) is 0 Å². The van der Waals surface area contributed by atoms with E-state index >= 15 is 0 Å². The Hall–Kier alpha value is -1.46. The van der Waals surface area contributed by atoms with Crippen LogP contribution in [-0.4, -0.2) is 52.9 Å². The van der Waals surface area contributed by atoms with Crippen LogP contribution in [-0.2, 0) is 6.54 Å². The second-order valence-electron chi connectivity index (χ2n) is 5.66. The topological polar surface area (TPSA) is 62.5 Å². The summed E-state index contributed by atoms with van der Waals surface area (Å²) >= 11 is 0. The van der Waals surface area contributed by atoms with Crippen molar-refractivity contribution in [1.29, 1.82) is 0 Å². The normalized spacial score (nSPS) is 17.3. The summed E-state index contributed by atoms with van der Waals surface area (Å²) in [4.78, 5) is 20.5. The maximum Gasteiger partial charge on any atom is 0.267 e. The van der Waals surface area contributed by atoms with Crippen molar-refractivity contribution in [2.45, 2.75) is 39.3 Å². The van der Waals surface area contributed by atoms with Gasteiger partial charge in [0.05, 0.1) is 5.69 Å². The highest BCUT2D eigenvalue weighted by atomic mass is 16.1. The van der Waals surface area contributed by atoms with Crippen LogP contribution in [0.25, 0.3) is 0 Å². The van der Waals surface area contributed by atoms with Gasteiger partial charge in [0.1, 0.15) is 5.69 Å². The SMILES string of the molecule is CCC(CC)N1CCN(Cc2cccc(C(N)=O)n2)CC1. The number of carbonyl (C=O) groups is 1. The van der Waals surface area contributed by atoms with Crippen LogP contribution in [0.1, 0.15) is 42.9 Å². The summed E-state index contributed by atoms with van der Waals surface area (Å²) in [6, 6.07) is 6.18. The molecule has 1 saturated heterocycles. The number of hydrogen-bond acceptors (Lipinski definition) is 4. The summed E-state index contributed by atoms with van der Waals surface area (Å²) in [5, 5.41) is 0. The number of nitrogens with zero attached hydrogens (tertiary/aromatic N) is 3. The third-order valence-corrected chi connectivity index (χ3v) is 4.31. The van der Waals surface area contributed by atoms with Gasteiger partial charge in [0, 0.05) is 38.8 Å². The average molecular weight is 290 g/mol. The number of pyridine rings is 1. The van der Waals surface area contributed by atoms with E-state index in [2.05, 4.69) is 28.6 Å². The molecule has 2 heterocycles. The summed E-state index contributed by atoms with van der Waals surface area (Å²) in [5.41, 5.74) is 6.55. The van der Waals surface area contributed by atoms with Crippen LogP contribution in [0.3, 0.4) is 0 Å². The molecule has 0 aromatic carbocycles. The molecule has 1 aliphatic rings. The smallest absolute Gasteiger partial charge is 0.267 e. The number of piperazine rings is 1. The Morgan fingerprint density at radius 2 is 1.90 bits per heavy atom. The molecular formula is C16H26N4O. The van der Waals surface area contributed by atoms with Crippen molar-refractivity contribution in [3.05, 3.63) is 29.6 Å². The fraction of sp³-hybridized carbons (Fsp3) is 0.625. The molecule has 1 aromatic heterocycles. The second kappa shape index (κ2) is 7.52. The molecule has 5 heteroatoms. The van der Waals surface area contributed by atoms with Crippen LogP contribution in [0.4, 0.5) is 0 Å². The van der Waals surface area contributed by atoms with Crippen molar-refractivity contribution in [3.63, 3.8) is 0 Å². The molecule has 0 unspecified atom stereocenters. The first-order valence-corrected chi connectivity index (χ1v) is 7.86. The molecule has 1 amide bonds. The lowest BCUT2D eigenvalue weighted by molar-refractivity contribution is 0.0872. The van der Waals surface area contributed by atoms with E-state index in [1.807, 2.05) is 12.1 Å². The van der Waals surface area contributed by atoms with E-state index in [0.29, 0.717) is 11.7 Å². The van der Waals surface area contributed by atoms with E-state index in [0.717, 1.165) is 38.4 Å². The van der Waals surface area contributed by atoms with Crippen LogP contribution in [0.5, 0.6) is 0 Å². The largest absolute Gasteiger partial charge is 0.364 e. The molecule has 2 rings (SSSR count). The molecule has 0 bridgehead atoms. The average Bonchev–Trinajstić information content (AvgIpc) is 2.50. The van der Waals surface area contributed by atoms with E-state index in [9.17, 15) is 4.79 Å². The van der Waals surface area contributed by atoms with Gasteiger partial charge in [-0.25, -0.2) is 4.98 Å². The molecule has 1 aromatic rings. The summed E-state index contributed by atoms with van der Waals surface area (Å²) in [5.74, 6) is -0.463. The first-order chi connectivity index (χ1) is 10.1. The van der Waals surface area contributed by atoms with E-state index in [-0.39, 0.29) is 0 Å². The summed E-state index contributed by atoms with van der Waals surface area (Å²) in [6.45, 7) is 9.65. The number of aromatic nitrogens is 1. The van der Waals surface area contributed by atoms with Crippen molar-refractivity contribution in [1.82, 2.24) is 14.8 Å². The highest BCUT2D eigenvalue weighted by molar-refractivity contribution is 5.90. The number of rotatable bonds is 6. The fourth-order valence-corrected chi connectivity index (χ4v) is 3.03. The molecule has 0 radical (unpaired) electrons. The lowest BCUT2D eigenvalue weighted by Gasteiger charge is -2.38. The Kier molecular flexibility index (Phi) is 5.70. The summed E-state index contributed by atoms with van der Waals surface area (Å²) < 4.78 is 0. The predicted molar refractivity (Wildman–Crippen MR) is 84.0 cm³/mol. The van der Waals surface area contributed by atoms with Crippen LogP contribution in [0, 0.1) is 0 Å². The molecule has 5 nitrogen and oxygen atoms in total. The van der Waals surface area contributed by atoms with Crippen molar-refractivity contribution < 1.29 is 4.79 Å². The van der Waals surface area contributed by atoms with Gasteiger partial charge in [-0.15, -0.1) is 0 Å². The molecule has 0 spiro atoms. The number of primary amides is 1. The van der Waals surface area contributed by atoms with E-state index in [1.54, 1.807) is 6.07 Å². The number of carbonyl (C=O) groups excluding carboxylic acids is 1. The number of amides is 1. The quantitative estimate of drug-likeness (QED) is 0.862. The number of nitrogens with two attached hydrogens (primary N) is 1. The molecule has 0 atom stereocenters. The lowest BCUT2D eigenvalue weighted by atomic mass is 10.1. The highest BCUT2D eigenvalue weighted by Gasteiger charge is 2.21. The molecule has 0 aliphatic carbocycles. The maximum atomic E-state index is 11.2. The Morgan fingerprint density at radius 3 is 2.48 bits per heavy atom. The molecule has 116 valence electrons. The standard InChI is InChI=1S/C16H26N4O/c1-3-14(4-2)20-10-8-19(9-11-20)12-13-6-5-7-15(18-13)16(17)21/h5-7,14H,3-4,8-12H2,1-2H3,(H2,17,21). The minimum atomic E-state index is -0.463. The van der Waals surface area contributed by atoms with Crippen LogP contribution in [0.2, 0.25) is 0 Å². The minimum absolute atomic E-state index is 0.350. The van der Waals surface area contributed by atoms with Crippen LogP contribution in [0.15, 0.2) is 18.2 Å². The lowest BCUT2D eigenvalue weighted by Crippen LogP contribution is -2.49. The van der Waals surface area contributed by atoms with Crippen LogP contribution >= 0.6 is 0 Å². The van der Waals surface area contributed by atoms with Gasteiger partial charge in [0.25, 0.3) is 5.91 Å². The molecule has 2 N–H and O–H groups in total. The third kappa shape index (κ3) is 4.25. The Morgan fingerprint density at radius 1 is 1.24 bits per heavy atom. The van der Waals surface area contributed by atoms with E-state index in [4.69, 9.17) is 5.73 Å². The predicted octanol–water partition coefficient (Wildman–Crippen LogP) is 1.49. The minimum Gasteiger partial charge on any atom is -0.364 e.